The van der Waals surface area contributed by atoms with Gasteiger partial charge >= 0.3 is 0 Å². The Hall–Kier alpha value is -2.28. The van der Waals surface area contributed by atoms with E-state index in [9.17, 15) is 9.59 Å². The fourth-order valence-electron chi connectivity index (χ4n) is 1.30. The summed E-state index contributed by atoms with van der Waals surface area (Å²) in [5, 5.41) is 6.06. The molecular weight excluding hydrogens is 252 g/mol. The largest absolute Gasteiger partial charge is 0.316 e. The number of aryl methyl sites for hydroxylation is 1. The van der Waals surface area contributed by atoms with Crippen molar-refractivity contribution >= 4 is 40.8 Å². The third kappa shape index (κ3) is 2.69. The monoisotopic (exact) mass is 262 g/mol. The summed E-state index contributed by atoms with van der Waals surface area (Å²) in [6, 6.07) is 3.53. The maximum absolute atomic E-state index is 10.6. The second kappa shape index (κ2) is 5.37. The maximum atomic E-state index is 10.6. The van der Waals surface area contributed by atoms with Crippen LogP contribution in [0.15, 0.2) is 18.3 Å². The third-order valence-corrected chi connectivity index (χ3v) is 3.01. The van der Waals surface area contributed by atoms with Gasteiger partial charge in [0.25, 0.3) is 0 Å². The van der Waals surface area contributed by atoms with Crippen LogP contribution in [-0.2, 0) is 4.79 Å². The summed E-state index contributed by atoms with van der Waals surface area (Å²) < 4.78 is 0. The predicted octanol–water partition coefficient (Wildman–Crippen LogP) is 1.97. The van der Waals surface area contributed by atoms with Crippen LogP contribution in [0.3, 0.4) is 0 Å². The first kappa shape index (κ1) is 12.2. The van der Waals surface area contributed by atoms with Crippen molar-refractivity contribution in [3.05, 3.63) is 28.8 Å². The summed E-state index contributed by atoms with van der Waals surface area (Å²) >= 11 is 1.24. The summed E-state index contributed by atoms with van der Waals surface area (Å²) in [7, 11) is 0. The standard InChI is InChI=1S/C11H10N4O2S/c1-7-2-3-9(13-6-17)14-10(7)15-11-12-4-8(5-16)18-11/h2-6H,1H3,(H2,12,13,14,15,17). The summed E-state index contributed by atoms with van der Waals surface area (Å²) in [5.41, 5.74) is 0.911. The molecule has 0 spiro atoms. The lowest BCUT2D eigenvalue weighted by molar-refractivity contribution is -0.105. The molecule has 0 aliphatic rings. The number of amides is 1. The molecule has 0 radical (unpaired) electrons. The minimum Gasteiger partial charge on any atom is -0.316 e. The van der Waals surface area contributed by atoms with Gasteiger partial charge in [0.15, 0.2) is 11.4 Å². The molecule has 0 saturated carbocycles. The molecule has 0 atom stereocenters. The van der Waals surface area contributed by atoms with Crippen molar-refractivity contribution in [1.82, 2.24) is 9.97 Å². The summed E-state index contributed by atoms with van der Waals surface area (Å²) in [6.45, 7) is 1.88. The lowest BCUT2D eigenvalue weighted by Crippen LogP contribution is -2.01. The molecule has 0 unspecified atom stereocenters. The quantitative estimate of drug-likeness (QED) is 0.805. The van der Waals surface area contributed by atoms with Crippen molar-refractivity contribution in [3.63, 3.8) is 0 Å². The first-order valence-electron chi connectivity index (χ1n) is 5.09. The van der Waals surface area contributed by atoms with Gasteiger partial charge in [-0.3, -0.25) is 9.59 Å². The van der Waals surface area contributed by atoms with E-state index in [2.05, 4.69) is 20.6 Å². The highest BCUT2D eigenvalue weighted by Gasteiger charge is 2.06. The second-order valence-electron chi connectivity index (χ2n) is 3.43. The zero-order valence-corrected chi connectivity index (χ0v) is 10.3. The molecule has 18 heavy (non-hydrogen) atoms. The van der Waals surface area contributed by atoms with E-state index in [0.29, 0.717) is 28.1 Å². The molecular formula is C11H10N4O2S. The van der Waals surface area contributed by atoms with Gasteiger partial charge in [0.2, 0.25) is 6.41 Å². The number of rotatable bonds is 5. The molecule has 0 aliphatic carbocycles. The lowest BCUT2D eigenvalue weighted by Gasteiger charge is -2.07. The number of nitrogens with one attached hydrogen (secondary N) is 2. The van der Waals surface area contributed by atoms with Gasteiger partial charge in [0.05, 0.1) is 11.1 Å². The van der Waals surface area contributed by atoms with E-state index < -0.39 is 0 Å². The molecule has 2 heterocycles. The molecule has 92 valence electrons. The van der Waals surface area contributed by atoms with Gasteiger partial charge in [-0.2, -0.15) is 0 Å². The van der Waals surface area contributed by atoms with Crippen molar-refractivity contribution in [2.75, 3.05) is 10.6 Å². The van der Waals surface area contributed by atoms with Gasteiger partial charge in [-0.15, -0.1) is 0 Å². The lowest BCUT2D eigenvalue weighted by atomic mass is 10.3. The molecule has 0 aromatic carbocycles. The molecule has 7 heteroatoms. The number of pyridine rings is 1. The zero-order chi connectivity index (χ0) is 13.0. The SMILES string of the molecule is Cc1ccc(NC=O)nc1Nc1ncc(C=O)s1. The molecule has 0 aliphatic heterocycles. The summed E-state index contributed by atoms with van der Waals surface area (Å²) in [4.78, 5) is 29.7. The van der Waals surface area contributed by atoms with Gasteiger partial charge < -0.3 is 10.6 Å². The van der Waals surface area contributed by atoms with Crippen molar-refractivity contribution in [2.24, 2.45) is 0 Å². The number of aldehydes is 1. The Morgan fingerprint density at radius 3 is 2.83 bits per heavy atom. The Kier molecular flexibility index (Phi) is 3.63. The van der Waals surface area contributed by atoms with Gasteiger partial charge in [-0.05, 0) is 18.6 Å². The Morgan fingerprint density at radius 1 is 1.33 bits per heavy atom. The Labute approximate surface area is 107 Å². The number of aromatic nitrogens is 2. The normalized spacial score (nSPS) is 9.83. The average Bonchev–Trinajstić information content (AvgIpc) is 2.81. The van der Waals surface area contributed by atoms with Gasteiger partial charge in [-0.1, -0.05) is 17.4 Å². The Morgan fingerprint density at radius 2 is 2.17 bits per heavy atom. The Bertz CT molecular complexity index is 582. The number of hydrogen-bond acceptors (Lipinski definition) is 6. The van der Waals surface area contributed by atoms with Crippen molar-refractivity contribution in [2.45, 2.75) is 6.92 Å². The molecule has 1 amide bonds. The number of thiazole rings is 1. The van der Waals surface area contributed by atoms with Crippen LogP contribution in [-0.4, -0.2) is 22.7 Å². The van der Waals surface area contributed by atoms with E-state index in [4.69, 9.17) is 0 Å². The first-order valence-corrected chi connectivity index (χ1v) is 5.90. The minimum absolute atomic E-state index is 0.449. The van der Waals surface area contributed by atoms with E-state index in [1.54, 1.807) is 6.07 Å². The van der Waals surface area contributed by atoms with Crippen molar-refractivity contribution in [1.29, 1.82) is 0 Å². The van der Waals surface area contributed by atoms with Gasteiger partial charge in [0.1, 0.15) is 11.6 Å². The highest BCUT2D eigenvalue weighted by molar-refractivity contribution is 7.17. The van der Waals surface area contributed by atoms with Crippen LogP contribution in [0.25, 0.3) is 0 Å². The predicted molar refractivity (Wildman–Crippen MR) is 69.4 cm³/mol. The topological polar surface area (TPSA) is 84.0 Å². The van der Waals surface area contributed by atoms with Crippen molar-refractivity contribution in [3.8, 4) is 0 Å². The van der Waals surface area contributed by atoms with Crippen LogP contribution < -0.4 is 10.6 Å². The highest BCUT2D eigenvalue weighted by Crippen LogP contribution is 2.23. The molecule has 0 bridgehead atoms. The molecule has 2 aromatic rings. The highest BCUT2D eigenvalue weighted by atomic mass is 32.1. The third-order valence-electron chi connectivity index (χ3n) is 2.17. The van der Waals surface area contributed by atoms with Crippen LogP contribution in [0.2, 0.25) is 0 Å². The molecule has 0 saturated heterocycles. The molecule has 2 rings (SSSR count). The van der Waals surface area contributed by atoms with Crippen LogP contribution in [0.5, 0.6) is 0 Å². The van der Waals surface area contributed by atoms with E-state index in [1.807, 2.05) is 13.0 Å². The van der Waals surface area contributed by atoms with E-state index in [1.165, 1.54) is 17.5 Å². The number of carbonyl (C=O) groups is 2. The maximum Gasteiger partial charge on any atom is 0.212 e. The minimum atomic E-state index is 0.449. The fourth-order valence-corrected chi connectivity index (χ4v) is 1.93. The molecule has 0 fully saturated rings. The van der Waals surface area contributed by atoms with E-state index in [-0.39, 0.29) is 0 Å². The van der Waals surface area contributed by atoms with Gasteiger partial charge in [-0.25, -0.2) is 9.97 Å². The smallest absolute Gasteiger partial charge is 0.212 e. The molecule has 2 aromatic heterocycles. The van der Waals surface area contributed by atoms with Crippen molar-refractivity contribution < 1.29 is 9.59 Å². The number of carbonyl (C=O) groups excluding carboxylic acids is 2. The van der Waals surface area contributed by atoms with E-state index >= 15 is 0 Å². The van der Waals surface area contributed by atoms with Gasteiger partial charge in [0, 0.05) is 0 Å². The number of nitrogens with zero attached hydrogens (tertiary/aromatic N) is 2. The Balaban J connectivity index is 2.24. The average molecular weight is 262 g/mol. The number of hydrogen-bond donors (Lipinski definition) is 2. The summed E-state index contributed by atoms with van der Waals surface area (Å²) in [6.07, 6.45) is 2.80. The fraction of sp³-hybridized carbons (Fsp3) is 0.0909. The number of anilines is 3. The first-order chi connectivity index (χ1) is 8.72. The van der Waals surface area contributed by atoms with Crippen LogP contribution in [0.4, 0.5) is 16.8 Å². The molecule has 2 N–H and O–H groups in total. The van der Waals surface area contributed by atoms with E-state index in [0.717, 1.165) is 11.8 Å². The zero-order valence-electron chi connectivity index (χ0n) is 9.51. The van der Waals surface area contributed by atoms with Crippen LogP contribution in [0, 0.1) is 6.92 Å². The van der Waals surface area contributed by atoms with Crippen LogP contribution in [0.1, 0.15) is 15.2 Å². The summed E-state index contributed by atoms with van der Waals surface area (Å²) in [5.74, 6) is 1.04. The molecule has 6 nitrogen and oxygen atoms in total. The second-order valence-corrected chi connectivity index (χ2v) is 4.50. The van der Waals surface area contributed by atoms with Crippen LogP contribution >= 0.6 is 11.3 Å².